The van der Waals surface area contributed by atoms with Crippen LogP contribution in [-0.4, -0.2) is 18.3 Å². The van der Waals surface area contributed by atoms with E-state index in [4.69, 9.17) is 21.1 Å². The topological polar surface area (TPSA) is 38.7 Å². The van der Waals surface area contributed by atoms with Crippen LogP contribution in [0.3, 0.4) is 0 Å². The Balaban J connectivity index is 2.07. The van der Waals surface area contributed by atoms with E-state index < -0.39 is 6.10 Å². The number of rotatable bonds is 2. The number of hydrogen-bond acceptors (Lipinski definition) is 3. The molecule has 1 heterocycles. The summed E-state index contributed by atoms with van der Waals surface area (Å²) in [4.78, 5) is 0. The minimum absolute atomic E-state index is 0.481. The molecule has 0 saturated heterocycles. The van der Waals surface area contributed by atoms with Crippen molar-refractivity contribution in [2.75, 3.05) is 13.2 Å². The van der Waals surface area contributed by atoms with Crippen molar-refractivity contribution in [2.24, 2.45) is 0 Å². The van der Waals surface area contributed by atoms with Crippen molar-refractivity contribution in [1.29, 1.82) is 0 Å². The number of halogens is 1. The summed E-state index contributed by atoms with van der Waals surface area (Å²) >= 11 is 6.32. The van der Waals surface area contributed by atoms with Crippen LogP contribution in [0.5, 0.6) is 11.5 Å². The Morgan fingerprint density at radius 2 is 1.62 bits per heavy atom. The van der Waals surface area contributed by atoms with Gasteiger partial charge in [0.15, 0.2) is 11.5 Å². The van der Waals surface area contributed by atoms with Crippen LogP contribution in [0.15, 0.2) is 30.3 Å². The fourth-order valence-corrected chi connectivity index (χ4v) is 2.96. The SMILES string of the molecule is Cc1cccc(C)c1C(O)c1cc2c(cc1Cl)OCCO2. The van der Waals surface area contributed by atoms with Crippen LogP contribution in [-0.2, 0) is 0 Å². The number of aryl methyl sites for hydroxylation is 2. The zero-order valence-electron chi connectivity index (χ0n) is 12.0. The molecule has 110 valence electrons. The van der Waals surface area contributed by atoms with Crippen molar-refractivity contribution >= 4 is 11.6 Å². The van der Waals surface area contributed by atoms with E-state index in [1.54, 1.807) is 12.1 Å². The number of aliphatic hydroxyl groups excluding tert-OH is 1. The Morgan fingerprint density at radius 3 is 2.24 bits per heavy atom. The zero-order chi connectivity index (χ0) is 15.0. The molecule has 1 atom stereocenters. The normalized spacial score (nSPS) is 14.9. The van der Waals surface area contributed by atoms with E-state index >= 15 is 0 Å². The Hall–Kier alpha value is -1.71. The number of fused-ring (bicyclic) bond motifs is 1. The predicted molar refractivity (Wildman–Crippen MR) is 82.4 cm³/mol. The lowest BCUT2D eigenvalue weighted by Gasteiger charge is -2.23. The Morgan fingerprint density at radius 1 is 1.05 bits per heavy atom. The van der Waals surface area contributed by atoms with Gasteiger partial charge >= 0.3 is 0 Å². The average Bonchev–Trinajstić information content (AvgIpc) is 2.46. The second-order valence-electron chi connectivity index (χ2n) is 5.23. The molecule has 1 aliphatic rings. The average molecular weight is 305 g/mol. The maximum absolute atomic E-state index is 10.8. The second kappa shape index (κ2) is 5.58. The van der Waals surface area contributed by atoms with Gasteiger partial charge in [0.05, 0.1) is 5.02 Å². The lowest BCUT2D eigenvalue weighted by molar-refractivity contribution is 0.169. The maximum Gasteiger partial charge on any atom is 0.162 e. The van der Waals surface area contributed by atoms with Crippen LogP contribution in [0.25, 0.3) is 0 Å². The van der Waals surface area contributed by atoms with Crippen LogP contribution < -0.4 is 9.47 Å². The van der Waals surface area contributed by atoms with E-state index in [0.717, 1.165) is 16.7 Å². The Kier molecular flexibility index (Phi) is 3.79. The fraction of sp³-hybridized carbons (Fsp3) is 0.294. The van der Waals surface area contributed by atoms with Crippen molar-refractivity contribution in [3.63, 3.8) is 0 Å². The molecule has 0 bridgehead atoms. The third kappa shape index (κ3) is 2.59. The van der Waals surface area contributed by atoms with Crippen LogP contribution in [0.1, 0.15) is 28.4 Å². The molecule has 0 saturated carbocycles. The Labute approximate surface area is 129 Å². The smallest absolute Gasteiger partial charge is 0.162 e. The van der Waals surface area contributed by atoms with Crippen LogP contribution >= 0.6 is 11.6 Å². The number of benzene rings is 2. The van der Waals surface area contributed by atoms with Gasteiger partial charge in [-0.2, -0.15) is 0 Å². The molecule has 3 nitrogen and oxygen atoms in total. The van der Waals surface area contributed by atoms with Crippen LogP contribution in [0.2, 0.25) is 5.02 Å². The van der Waals surface area contributed by atoms with Crippen LogP contribution in [0.4, 0.5) is 0 Å². The monoisotopic (exact) mass is 304 g/mol. The van der Waals surface area contributed by atoms with Gasteiger partial charge in [-0.3, -0.25) is 0 Å². The van der Waals surface area contributed by atoms with Gasteiger partial charge in [-0.15, -0.1) is 0 Å². The van der Waals surface area contributed by atoms with Crippen molar-refractivity contribution in [3.8, 4) is 11.5 Å². The molecule has 1 aliphatic heterocycles. The molecule has 0 fully saturated rings. The van der Waals surface area contributed by atoms with Gasteiger partial charge in [-0.1, -0.05) is 29.8 Å². The molecule has 2 aromatic carbocycles. The van der Waals surface area contributed by atoms with E-state index in [2.05, 4.69) is 0 Å². The van der Waals surface area contributed by atoms with E-state index in [0.29, 0.717) is 35.3 Å². The maximum atomic E-state index is 10.8. The standard InChI is InChI=1S/C17H17ClO3/c1-10-4-3-5-11(2)16(10)17(19)12-8-14-15(9-13(12)18)21-7-6-20-14/h3-5,8-9,17,19H,6-7H2,1-2H3. The van der Waals surface area contributed by atoms with E-state index in [-0.39, 0.29) is 0 Å². The number of ether oxygens (including phenoxy) is 2. The molecular formula is C17H17ClO3. The molecule has 0 amide bonds. The molecular weight excluding hydrogens is 288 g/mol. The number of hydrogen-bond donors (Lipinski definition) is 1. The largest absolute Gasteiger partial charge is 0.486 e. The van der Waals surface area contributed by atoms with Crippen molar-refractivity contribution in [2.45, 2.75) is 20.0 Å². The third-order valence-electron chi connectivity index (χ3n) is 3.77. The summed E-state index contributed by atoms with van der Waals surface area (Å²) in [6.45, 7) is 4.99. The summed E-state index contributed by atoms with van der Waals surface area (Å²) in [5.41, 5.74) is 3.59. The first kappa shape index (κ1) is 14.2. The van der Waals surface area contributed by atoms with Gasteiger partial charge in [0.25, 0.3) is 0 Å². The molecule has 0 aromatic heterocycles. The molecule has 1 N–H and O–H groups in total. The molecule has 21 heavy (non-hydrogen) atoms. The molecule has 4 heteroatoms. The predicted octanol–water partition coefficient (Wildman–Crippen LogP) is 3.81. The summed E-state index contributed by atoms with van der Waals surface area (Å²) in [7, 11) is 0. The van der Waals surface area contributed by atoms with Crippen molar-refractivity contribution in [3.05, 3.63) is 57.6 Å². The molecule has 0 aliphatic carbocycles. The molecule has 0 radical (unpaired) electrons. The van der Waals surface area contributed by atoms with Gasteiger partial charge in [0, 0.05) is 11.6 Å². The van der Waals surface area contributed by atoms with Gasteiger partial charge in [0.1, 0.15) is 19.3 Å². The van der Waals surface area contributed by atoms with Gasteiger partial charge in [0.2, 0.25) is 0 Å². The van der Waals surface area contributed by atoms with Crippen molar-refractivity contribution < 1.29 is 14.6 Å². The summed E-state index contributed by atoms with van der Waals surface area (Å²) in [5.74, 6) is 1.26. The molecule has 0 spiro atoms. The molecule has 3 rings (SSSR count). The summed E-state index contributed by atoms with van der Waals surface area (Å²) in [5, 5.41) is 11.2. The van der Waals surface area contributed by atoms with E-state index in [9.17, 15) is 5.11 Å². The first-order chi connectivity index (χ1) is 10.1. The molecule has 1 unspecified atom stereocenters. The van der Waals surface area contributed by atoms with E-state index in [1.807, 2.05) is 32.0 Å². The van der Waals surface area contributed by atoms with Gasteiger partial charge in [-0.05, 0) is 36.6 Å². The van der Waals surface area contributed by atoms with Crippen molar-refractivity contribution in [1.82, 2.24) is 0 Å². The van der Waals surface area contributed by atoms with E-state index in [1.165, 1.54) is 0 Å². The highest BCUT2D eigenvalue weighted by Crippen LogP contribution is 2.40. The van der Waals surface area contributed by atoms with Crippen LogP contribution in [0, 0.1) is 13.8 Å². The summed E-state index contributed by atoms with van der Waals surface area (Å²) in [6.07, 6.45) is -0.783. The van der Waals surface area contributed by atoms with Gasteiger partial charge in [-0.25, -0.2) is 0 Å². The first-order valence-electron chi connectivity index (χ1n) is 6.91. The Bertz CT molecular complexity index is 662. The van der Waals surface area contributed by atoms with Gasteiger partial charge < -0.3 is 14.6 Å². The quantitative estimate of drug-likeness (QED) is 0.917. The highest BCUT2D eigenvalue weighted by molar-refractivity contribution is 6.31. The summed E-state index contributed by atoms with van der Waals surface area (Å²) < 4.78 is 11.1. The minimum Gasteiger partial charge on any atom is -0.486 e. The first-order valence-corrected chi connectivity index (χ1v) is 7.29. The number of aliphatic hydroxyl groups is 1. The zero-order valence-corrected chi connectivity index (χ0v) is 12.8. The highest BCUT2D eigenvalue weighted by atomic mass is 35.5. The second-order valence-corrected chi connectivity index (χ2v) is 5.63. The lowest BCUT2D eigenvalue weighted by atomic mass is 9.93. The minimum atomic E-state index is -0.783. The fourth-order valence-electron chi connectivity index (χ4n) is 2.70. The summed E-state index contributed by atoms with van der Waals surface area (Å²) in [6, 6.07) is 9.43. The highest BCUT2D eigenvalue weighted by Gasteiger charge is 2.22. The third-order valence-corrected chi connectivity index (χ3v) is 4.10. The lowest BCUT2D eigenvalue weighted by Crippen LogP contribution is -2.16. The molecule has 2 aromatic rings.